The molecule has 3 aromatic heterocycles. The van der Waals surface area contributed by atoms with E-state index < -0.39 is 0 Å². The highest BCUT2D eigenvalue weighted by atomic mass is 32.1. The summed E-state index contributed by atoms with van der Waals surface area (Å²) in [6, 6.07) is 4.09. The van der Waals surface area contributed by atoms with Gasteiger partial charge in [0.1, 0.15) is 0 Å². The molecule has 0 aliphatic carbocycles. The Morgan fingerprint density at radius 1 is 1.33 bits per heavy atom. The number of nitrogens with zero attached hydrogens (tertiary/aromatic N) is 4. The van der Waals surface area contributed by atoms with E-state index in [1.807, 2.05) is 24.5 Å². The Morgan fingerprint density at radius 2 is 2.14 bits per heavy atom. The largest absolute Gasteiger partial charge is 0.351 e. The Morgan fingerprint density at radius 3 is 2.86 bits per heavy atom. The Labute approximate surface area is 128 Å². The molecule has 0 aromatic carbocycles. The number of aromatic nitrogens is 3. The van der Waals surface area contributed by atoms with Crippen LogP contribution in [-0.2, 0) is 13.0 Å². The lowest BCUT2D eigenvalue weighted by atomic mass is 10.2. The molecular formula is C15H19N5S. The van der Waals surface area contributed by atoms with Crippen LogP contribution < -0.4 is 10.6 Å². The molecule has 0 amide bonds. The predicted molar refractivity (Wildman–Crippen MR) is 86.8 cm³/mol. The average molecular weight is 301 g/mol. The van der Waals surface area contributed by atoms with Gasteiger partial charge in [0.05, 0.1) is 5.69 Å². The van der Waals surface area contributed by atoms with Crippen LogP contribution in [0.4, 0.5) is 5.82 Å². The van der Waals surface area contributed by atoms with E-state index in [1.165, 1.54) is 11.3 Å². The highest BCUT2D eigenvalue weighted by molar-refractivity contribution is 7.15. The number of pyridine rings is 1. The lowest BCUT2D eigenvalue weighted by Gasteiger charge is -2.22. The first-order valence-corrected chi connectivity index (χ1v) is 7.99. The van der Waals surface area contributed by atoms with Gasteiger partial charge in [-0.1, -0.05) is 0 Å². The van der Waals surface area contributed by atoms with Crippen molar-refractivity contribution in [2.75, 3.05) is 18.0 Å². The van der Waals surface area contributed by atoms with Gasteiger partial charge in [0.2, 0.25) is 0 Å². The fraction of sp³-hybridized carbons (Fsp3) is 0.333. The zero-order valence-electron chi connectivity index (χ0n) is 12.1. The molecule has 0 aliphatic heterocycles. The zero-order valence-corrected chi connectivity index (χ0v) is 12.9. The maximum Gasteiger partial charge on any atom is 0.195 e. The summed E-state index contributed by atoms with van der Waals surface area (Å²) in [5, 5.41) is 2.06. The summed E-state index contributed by atoms with van der Waals surface area (Å²) in [6.07, 6.45) is 6.56. The smallest absolute Gasteiger partial charge is 0.195 e. The number of imidazole rings is 1. The third-order valence-electron chi connectivity index (χ3n) is 3.53. The molecule has 0 fully saturated rings. The van der Waals surface area contributed by atoms with E-state index in [0.717, 1.165) is 30.3 Å². The second kappa shape index (κ2) is 6.24. The summed E-state index contributed by atoms with van der Waals surface area (Å²) in [5.74, 6) is 1.05. The summed E-state index contributed by atoms with van der Waals surface area (Å²) in [6.45, 7) is 4.52. The topological polar surface area (TPSA) is 59.5 Å². The minimum atomic E-state index is 0.628. The molecule has 0 saturated heterocycles. The van der Waals surface area contributed by atoms with Crippen molar-refractivity contribution in [3.63, 3.8) is 0 Å². The highest BCUT2D eigenvalue weighted by Gasteiger charge is 2.17. The van der Waals surface area contributed by atoms with Crippen LogP contribution in [0.2, 0.25) is 0 Å². The van der Waals surface area contributed by atoms with Crippen LogP contribution >= 0.6 is 11.3 Å². The Kier molecular flexibility index (Phi) is 4.17. The van der Waals surface area contributed by atoms with E-state index in [2.05, 4.69) is 32.8 Å². The molecule has 21 heavy (non-hydrogen) atoms. The molecule has 0 atom stereocenters. The first-order chi connectivity index (χ1) is 10.3. The molecule has 110 valence electrons. The van der Waals surface area contributed by atoms with Gasteiger partial charge in [-0.3, -0.25) is 9.38 Å². The number of anilines is 1. The monoisotopic (exact) mass is 301 g/mol. The number of fused-ring (bicyclic) bond motifs is 1. The van der Waals surface area contributed by atoms with E-state index >= 15 is 0 Å². The summed E-state index contributed by atoms with van der Waals surface area (Å²) in [7, 11) is 0. The van der Waals surface area contributed by atoms with Crippen molar-refractivity contribution in [3.05, 3.63) is 47.4 Å². The van der Waals surface area contributed by atoms with Crippen molar-refractivity contribution in [3.8, 4) is 0 Å². The van der Waals surface area contributed by atoms with Crippen molar-refractivity contribution < 1.29 is 0 Å². The molecule has 3 heterocycles. The average Bonchev–Trinajstić information content (AvgIpc) is 3.09. The van der Waals surface area contributed by atoms with Crippen LogP contribution in [0.3, 0.4) is 0 Å². The molecule has 0 aliphatic rings. The highest BCUT2D eigenvalue weighted by Crippen LogP contribution is 2.26. The van der Waals surface area contributed by atoms with Crippen LogP contribution in [0.5, 0.6) is 0 Å². The lowest BCUT2D eigenvalue weighted by molar-refractivity contribution is 0.798. The first-order valence-electron chi connectivity index (χ1n) is 7.11. The zero-order chi connectivity index (χ0) is 14.7. The summed E-state index contributed by atoms with van der Waals surface area (Å²) >= 11 is 1.66. The number of nitrogens with two attached hydrogens (primary N) is 1. The van der Waals surface area contributed by atoms with E-state index in [1.54, 1.807) is 11.3 Å². The molecule has 3 aromatic rings. The number of thiazole rings is 1. The van der Waals surface area contributed by atoms with Crippen molar-refractivity contribution in [2.45, 2.75) is 19.9 Å². The summed E-state index contributed by atoms with van der Waals surface area (Å²) in [4.78, 5) is 12.2. The molecule has 0 radical (unpaired) electrons. The molecule has 0 unspecified atom stereocenters. The van der Waals surface area contributed by atoms with E-state index in [-0.39, 0.29) is 0 Å². The fourth-order valence-electron chi connectivity index (χ4n) is 2.49. The van der Waals surface area contributed by atoms with Crippen molar-refractivity contribution in [1.29, 1.82) is 0 Å². The van der Waals surface area contributed by atoms with E-state index in [9.17, 15) is 0 Å². The third-order valence-corrected chi connectivity index (χ3v) is 4.28. The minimum Gasteiger partial charge on any atom is -0.351 e. The normalized spacial score (nSPS) is 11.1. The van der Waals surface area contributed by atoms with Crippen molar-refractivity contribution in [2.24, 2.45) is 5.73 Å². The molecule has 6 heteroatoms. The summed E-state index contributed by atoms with van der Waals surface area (Å²) < 4.78 is 2.15. The van der Waals surface area contributed by atoms with Crippen LogP contribution in [-0.4, -0.2) is 27.5 Å². The second-order valence-electron chi connectivity index (χ2n) is 4.85. The Balaban J connectivity index is 1.96. The number of rotatable bonds is 6. The van der Waals surface area contributed by atoms with Gasteiger partial charge in [-0.25, -0.2) is 4.98 Å². The van der Waals surface area contributed by atoms with Crippen LogP contribution in [0.15, 0.2) is 36.1 Å². The molecule has 2 N–H and O–H groups in total. The molecule has 5 nitrogen and oxygen atoms in total. The third kappa shape index (κ3) is 2.77. The number of hydrogen-bond donors (Lipinski definition) is 1. The standard InChI is InChI=1S/C15H19N5S/c1-2-19(11-12-4-7-17-8-5-12)14-13(3-6-16)20-9-10-21-15(20)18-14/h4-5,7-10H,2-3,6,11,16H2,1H3. The molecular weight excluding hydrogens is 282 g/mol. The Bertz CT molecular complexity index is 703. The van der Waals surface area contributed by atoms with Gasteiger partial charge in [0, 0.05) is 43.5 Å². The van der Waals surface area contributed by atoms with Gasteiger partial charge in [-0.2, -0.15) is 0 Å². The van der Waals surface area contributed by atoms with Crippen LogP contribution in [0.1, 0.15) is 18.2 Å². The fourth-order valence-corrected chi connectivity index (χ4v) is 3.22. The van der Waals surface area contributed by atoms with Crippen LogP contribution in [0.25, 0.3) is 4.96 Å². The Hall–Kier alpha value is -1.92. The van der Waals surface area contributed by atoms with E-state index in [0.29, 0.717) is 6.54 Å². The molecule has 0 spiro atoms. The van der Waals surface area contributed by atoms with Crippen LogP contribution in [0, 0.1) is 0 Å². The number of hydrogen-bond acceptors (Lipinski definition) is 5. The quantitative estimate of drug-likeness (QED) is 0.759. The maximum absolute atomic E-state index is 5.78. The van der Waals surface area contributed by atoms with Gasteiger partial charge in [0.25, 0.3) is 0 Å². The molecule has 0 bridgehead atoms. The predicted octanol–water partition coefficient (Wildman–Crippen LogP) is 2.32. The van der Waals surface area contributed by atoms with Gasteiger partial charge in [-0.05, 0) is 31.2 Å². The van der Waals surface area contributed by atoms with Gasteiger partial charge >= 0.3 is 0 Å². The van der Waals surface area contributed by atoms with Crippen molar-refractivity contribution >= 4 is 22.1 Å². The van der Waals surface area contributed by atoms with Crippen molar-refractivity contribution in [1.82, 2.24) is 14.4 Å². The second-order valence-corrected chi connectivity index (χ2v) is 5.72. The van der Waals surface area contributed by atoms with Gasteiger partial charge in [-0.15, -0.1) is 11.3 Å². The summed E-state index contributed by atoms with van der Waals surface area (Å²) in [5.41, 5.74) is 8.21. The molecule has 3 rings (SSSR count). The first kappa shape index (κ1) is 14.0. The van der Waals surface area contributed by atoms with E-state index in [4.69, 9.17) is 10.7 Å². The van der Waals surface area contributed by atoms with Gasteiger partial charge in [0.15, 0.2) is 10.8 Å². The lowest BCUT2D eigenvalue weighted by Crippen LogP contribution is -2.24. The molecule has 0 saturated carbocycles. The maximum atomic E-state index is 5.78. The SMILES string of the molecule is CCN(Cc1ccncc1)c1nc2sccn2c1CCN. The minimum absolute atomic E-state index is 0.628. The van der Waals surface area contributed by atoms with Gasteiger partial charge < -0.3 is 10.6 Å².